The number of halogens is 2. The van der Waals surface area contributed by atoms with E-state index in [1.54, 1.807) is 0 Å². The second-order valence-corrected chi connectivity index (χ2v) is 0.552. The van der Waals surface area contributed by atoms with Crippen LogP contribution in [0.25, 0.3) is 0 Å². The third kappa shape index (κ3) is 30.9. The van der Waals surface area contributed by atoms with Crippen molar-refractivity contribution in [2.75, 3.05) is 0 Å². The summed E-state index contributed by atoms with van der Waals surface area (Å²) < 4.78 is 0. The Balaban J connectivity index is -0.0000000267. The Bertz CT molecular complexity index is 52.4. The van der Waals surface area contributed by atoms with E-state index in [1.165, 1.54) is 12.2 Å². The molecule has 0 bridgehead atoms. The van der Waals surface area contributed by atoms with E-state index in [1.807, 2.05) is 0 Å². The molecule has 0 N–H and O–H groups in total. The maximum absolute atomic E-state index is 6.31. The Labute approximate surface area is 76.3 Å². The van der Waals surface area contributed by atoms with Crippen LogP contribution in [0, 0.1) is 13.5 Å². The second kappa shape index (κ2) is 25.6. The van der Waals surface area contributed by atoms with Gasteiger partial charge in [-0.3, -0.25) is 6.58 Å². The van der Waals surface area contributed by atoms with Crippen LogP contribution >= 0.6 is 0 Å². The van der Waals surface area contributed by atoms with E-state index in [0.717, 1.165) is 6.08 Å². The summed E-state index contributed by atoms with van der Waals surface area (Å²) >= 11 is 0. The summed E-state index contributed by atoms with van der Waals surface area (Å²) in [7, 11) is 0. The fourth-order valence-electron chi connectivity index (χ4n) is 0.0556. The van der Waals surface area contributed by atoms with Crippen molar-refractivity contribution in [1.82, 2.24) is 0 Å². The zero-order chi connectivity index (χ0) is 4.12. The van der Waals surface area contributed by atoms with Crippen molar-refractivity contribution < 1.29 is 44.6 Å². The van der Waals surface area contributed by atoms with E-state index in [4.69, 9.17) is 13.5 Å². The Morgan fingerprint density at radius 2 is 1.62 bits per heavy atom. The molecule has 2 radical (unpaired) electrons. The molecule has 8 heavy (non-hydrogen) atoms. The first-order valence-electron chi connectivity index (χ1n) is 1.29. The van der Waals surface area contributed by atoms with Gasteiger partial charge in [-0.25, -0.2) is 6.08 Å². The summed E-state index contributed by atoms with van der Waals surface area (Å²) in [5, 5.41) is 0. The van der Waals surface area contributed by atoms with Gasteiger partial charge in [-0.2, -0.15) is 6.08 Å². The summed E-state index contributed by atoms with van der Waals surface area (Å²) in [6.45, 7) is 11.1. The van der Waals surface area contributed by atoms with E-state index in [2.05, 4.69) is 0 Å². The first-order chi connectivity index (χ1) is 2.41. The molecule has 0 rings (SSSR count). The second-order valence-electron chi connectivity index (χ2n) is 0.552. The van der Waals surface area contributed by atoms with E-state index < -0.39 is 0 Å². The number of allylic oxidation sites excluding steroid dienone is 3. The Kier molecular flexibility index (Phi) is 75.4. The number of rotatable bonds is 1. The van der Waals surface area contributed by atoms with Crippen LogP contribution in [-0.2, 0) is 19.8 Å². The number of hydrogen-bond acceptors (Lipinski definition) is 0. The fourth-order valence-corrected chi connectivity index (χ4v) is 0.0556. The van der Waals surface area contributed by atoms with Gasteiger partial charge < -0.3 is 24.8 Å². The molecule has 0 spiro atoms. The molecule has 0 saturated heterocycles. The van der Waals surface area contributed by atoms with Crippen LogP contribution in [0.1, 0.15) is 0 Å². The molecule has 0 amide bonds. The van der Waals surface area contributed by atoms with E-state index in [9.17, 15) is 0 Å². The van der Waals surface area contributed by atoms with Crippen molar-refractivity contribution >= 4 is 0 Å². The molecule has 0 fully saturated rings. The van der Waals surface area contributed by atoms with Crippen molar-refractivity contribution in [3.05, 3.63) is 31.7 Å². The van der Waals surface area contributed by atoms with E-state index in [-0.39, 0.29) is 44.6 Å². The first-order valence-corrected chi connectivity index (χ1v) is 1.29. The van der Waals surface area contributed by atoms with Gasteiger partial charge in [-0.1, -0.05) is 0 Å². The van der Waals surface area contributed by atoms with Crippen molar-refractivity contribution in [2.45, 2.75) is 0 Å². The molecule has 0 nitrogen and oxygen atoms in total. The maximum atomic E-state index is 6.31. The summed E-state index contributed by atoms with van der Waals surface area (Å²) in [4.78, 5) is 0. The average Bonchev–Trinajstić information content (AvgIpc) is 1.41. The Morgan fingerprint density at radius 1 is 1.25 bits per heavy atom. The molecular weight excluding hydrogens is 321 g/mol. The van der Waals surface area contributed by atoms with Gasteiger partial charge in [0.1, 0.15) is 0 Å². The third-order valence-corrected chi connectivity index (χ3v) is 0.207. The minimum absolute atomic E-state index is 0. The average molecular weight is 325 g/mol. The van der Waals surface area contributed by atoms with Crippen LogP contribution in [-0.4, -0.2) is 0 Å². The summed E-state index contributed by atoms with van der Waals surface area (Å²) in [5.74, 6) is 0. The SMILES string of the molecule is [C+]/C=C\C=[CH-].[Cl-].[Cl-].[Os+2]. The maximum Gasteiger partial charge on any atom is 2.00 e. The fraction of sp³-hybridized carbons (Fsp3) is 0. The molecule has 0 aliphatic carbocycles. The van der Waals surface area contributed by atoms with Crippen LogP contribution in [0.15, 0.2) is 18.2 Å². The van der Waals surface area contributed by atoms with Crippen LogP contribution in [0.3, 0.4) is 0 Å². The van der Waals surface area contributed by atoms with Crippen LogP contribution in [0.4, 0.5) is 0 Å². The first kappa shape index (κ1) is 23.5. The van der Waals surface area contributed by atoms with Gasteiger partial charge in [0.25, 0.3) is 6.92 Å². The molecule has 0 aromatic heterocycles. The quantitative estimate of drug-likeness (QED) is 0.335. The monoisotopic (exact) mass is 326 g/mol. The van der Waals surface area contributed by atoms with Gasteiger partial charge in [-0.05, 0) is 6.08 Å². The van der Waals surface area contributed by atoms with Gasteiger partial charge in [0.05, 0.1) is 0 Å². The van der Waals surface area contributed by atoms with Gasteiger partial charge in [0.15, 0.2) is 0 Å². The predicted octanol–water partition coefficient (Wildman–Crippen LogP) is -4.87. The van der Waals surface area contributed by atoms with Gasteiger partial charge in [0.2, 0.25) is 0 Å². The molecule has 0 aliphatic heterocycles. The molecule has 3 heteroatoms. The van der Waals surface area contributed by atoms with E-state index >= 15 is 0 Å². The smallest absolute Gasteiger partial charge is 1.00 e. The van der Waals surface area contributed by atoms with Crippen molar-refractivity contribution in [3.8, 4) is 0 Å². The summed E-state index contributed by atoms with van der Waals surface area (Å²) in [6, 6.07) is 0. The normalized spacial score (nSPS) is 5.50. The molecule has 0 aromatic rings. The molecule has 0 aromatic carbocycles. The Hall–Kier alpha value is 0.566. The zero-order valence-electron chi connectivity index (χ0n) is 3.92. The van der Waals surface area contributed by atoms with Crippen LogP contribution < -0.4 is 24.8 Å². The minimum atomic E-state index is 0. The molecule has 0 atom stereocenters. The predicted molar refractivity (Wildman–Crippen MR) is 21.3 cm³/mol. The minimum Gasteiger partial charge on any atom is -1.00 e. The topological polar surface area (TPSA) is 0 Å². The molecule has 0 aliphatic rings. The zero-order valence-corrected chi connectivity index (χ0v) is 7.97. The Morgan fingerprint density at radius 3 is 1.62 bits per heavy atom. The van der Waals surface area contributed by atoms with Crippen molar-refractivity contribution in [1.29, 1.82) is 0 Å². The standard InChI is InChI=1S/C5H4.2ClH.Os/c1-3-5-4-2;;;/h1,3-5H;2*1H;/q;;;+2/p-2/b5-4-;;;. The molecule has 0 heterocycles. The van der Waals surface area contributed by atoms with Crippen LogP contribution in [0.5, 0.6) is 0 Å². The molecule has 0 unspecified atom stereocenters. The van der Waals surface area contributed by atoms with E-state index in [0.29, 0.717) is 0 Å². The largest absolute Gasteiger partial charge is 2.00 e. The molecule has 46 valence electrons. The van der Waals surface area contributed by atoms with Gasteiger partial charge >= 0.3 is 19.8 Å². The van der Waals surface area contributed by atoms with Crippen molar-refractivity contribution in [2.24, 2.45) is 0 Å². The summed E-state index contributed by atoms with van der Waals surface area (Å²) in [6.07, 6.45) is 3.88. The number of hydrogen-bond donors (Lipinski definition) is 0. The van der Waals surface area contributed by atoms with Gasteiger partial charge in [0, 0.05) is 0 Å². The van der Waals surface area contributed by atoms with Gasteiger partial charge in [-0.15, -0.1) is 0 Å². The molecular formula is C5H4Cl2Os. The molecule has 0 saturated carbocycles. The van der Waals surface area contributed by atoms with Crippen molar-refractivity contribution in [3.63, 3.8) is 0 Å². The van der Waals surface area contributed by atoms with Crippen LogP contribution in [0.2, 0.25) is 0 Å². The third-order valence-electron chi connectivity index (χ3n) is 0.207. The summed E-state index contributed by atoms with van der Waals surface area (Å²) in [5.41, 5.74) is 0.